The molecule has 0 aliphatic heterocycles. The lowest BCUT2D eigenvalue weighted by Crippen LogP contribution is -1.98. The molecule has 2 rings (SSSR count). The van der Waals surface area contributed by atoms with Crippen LogP contribution in [0.5, 0.6) is 0 Å². The molecule has 0 bridgehead atoms. The molecule has 0 fully saturated rings. The van der Waals surface area contributed by atoms with Gasteiger partial charge < -0.3 is 0 Å². The van der Waals surface area contributed by atoms with Crippen LogP contribution in [0.3, 0.4) is 0 Å². The fraction of sp³-hybridized carbons (Fsp3) is 0.267. The molecule has 0 amide bonds. The van der Waals surface area contributed by atoms with E-state index in [0.717, 1.165) is 12.1 Å². The molecule has 88 valence electrons. The maximum atomic E-state index is 4.35. The average Bonchev–Trinajstić information content (AvgIpc) is 2.34. The van der Waals surface area contributed by atoms with E-state index in [2.05, 4.69) is 59.0 Å². The minimum absolute atomic E-state index is 0.330. The maximum absolute atomic E-state index is 4.35. The predicted octanol–water partition coefficient (Wildman–Crippen LogP) is 4.38. The Morgan fingerprint density at radius 3 is 2.59 bits per heavy atom. The van der Waals surface area contributed by atoms with Crippen molar-refractivity contribution < 1.29 is 0 Å². The highest BCUT2D eigenvalue weighted by atomic mass is 79.9. The van der Waals surface area contributed by atoms with Gasteiger partial charge in [0, 0.05) is 23.1 Å². The highest BCUT2D eigenvalue weighted by Gasteiger charge is 2.09. The number of aryl methyl sites for hydroxylation is 2. The molecule has 2 heteroatoms. The molecule has 0 radical (unpaired) electrons. The van der Waals surface area contributed by atoms with Gasteiger partial charge in [-0.1, -0.05) is 40.2 Å². The SMILES string of the molecule is Cc1ccc(C(Br)Cc2ccccn2)cc1C. The summed E-state index contributed by atoms with van der Waals surface area (Å²) >= 11 is 3.74. The Bertz CT molecular complexity index is 494. The molecule has 0 aliphatic carbocycles. The van der Waals surface area contributed by atoms with E-state index >= 15 is 0 Å². The van der Waals surface area contributed by atoms with Crippen LogP contribution in [0.15, 0.2) is 42.6 Å². The molecule has 0 spiro atoms. The number of rotatable bonds is 3. The summed E-state index contributed by atoms with van der Waals surface area (Å²) in [4.78, 5) is 4.68. The number of alkyl halides is 1. The number of hydrogen-bond acceptors (Lipinski definition) is 1. The zero-order valence-corrected chi connectivity index (χ0v) is 11.7. The fourth-order valence-corrected chi connectivity index (χ4v) is 2.40. The number of hydrogen-bond donors (Lipinski definition) is 0. The molecular weight excluding hydrogens is 274 g/mol. The number of halogens is 1. The van der Waals surface area contributed by atoms with Crippen molar-refractivity contribution in [2.24, 2.45) is 0 Å². The summed E-state index contributed by atoms with van der Waals surface area (Å²) in [6, 6.07) is 12.7. The second-order valence-corrected chi connectivity index (χ2v) is 5.44. The van der Waals surface area contributed by atoms with Gasteiger partial charge in [-0.3, -0.25) is 4.98 Å². The maximum Gasteiger partial charge on any atom is 0.0450 e. The van der Waals surface area contributed by atoms with Crippen LogP contribution in [0.25, 0.3) is 0 Å². The number of pyridine rings is 1. The molecule has 17 heavy (non-hydrogen) atoms. The van der Waals surface area contributed by atoms with Gasteiger partial charge in [0.2, 0.25) is 0 Å². The van der Waals surface area contributed by atoms with Crippen LogP contribution < -0.4 is 0 Å². The summed E-state index contributed by atoms with van der Waals surface area (Å²) in [5.41, 5.74) is 5.12. The van der Waals surface area contributed by atoms with Crippen molar-refractivity contribution in [3.63, 3.8) is 0 Å². The van der Waals surface area contributed by atoms with Crippen LogP contribution in [0.4, 0.5) is 0 Å². The van der Waals surface area contributed by atoms with E-state index in [4.69, 9.17) is 0 Å². The van der Waals surface area contributed by atoms with Crippen molar-refractivity contribution in [1.82, 2.24) is 4.98 Å². The van der Waals surface area contributed by atoms with Crippen LogP contribution in [0.1, 0.15) is 27.2 Å². The third kappa shape index (κ3) is 3.16. The number of benzene rings is 1. The molecule has 0 saturated carbocycles. The lowest BCUT2D eigenvalue weighted by atomic mass is 10.0. The molecular formula is C15H16BrN. The highest BCUT2D eigenvalue weighted by molar-refractivity contribution is 9.09. The van der Waals surface area contributed by atoms with Crippen molar-refractivity contribution in [2.75, 3.05) is 0 Å². The lowest BCUT2D eigenvalue weighted by molar-refractivity contribution is 0.902. The molecule has 0 saturated heterocycles. The van der Waals surface area contributed by atoms with Crippen molar-refractivity contribution in [3.05, 3.63) is 65.0 Å². The summed E-state index contributed by atoms with van der Waals surface area (Å²) in [6.07, 6.45) is 2.76. The Labute approximate surface area is 111 Å². The predicted molar refractivity (Wildman–Crippen MR) is 75.5 cm³/mol. The van der Waals surface area contributed by atoms with Crippen molar-refractivity contribution in [3.8, 4) is 0 Å². The van der Waals surface area contributed by atoms with Crippen LogP contribution >= 0.6 is 15.9 Å². The van der Waals surface area contributed by atoms with Gasteiger partial charge >= 0.3 is 0 Å². The average molecular weight is 290 g/mol. The fourth-order valence-electron chi connectivity index (χ4n) is 1.78. The van der Waals surface area contributed by atoms with E-state index in [1.165, 1.54) is 16.7 Å². The first-order valence-electron chi connectivity index (χ1n) is 5.78. The van der Waals surface area contributed by atoms with Gasteiger partial charge in [0.25, 0.3) is 0 Å². The van der Waals surface area contributed by atoms with Crippen LogP contribution in [0.2, 0.25) is 0 Å². The topological polar surface area (TPSA) is 12.9 Å². The summed E-state index contributed by atoms with van der Waals surface area (Å²) in [7, 11) is 0. The highest BCUT2D eigenvalue weighted by Crippen LogP contribution is 2.27. The molecule has 1 unspecified atom stereocenters. The van der Waals surface area contributed by atoms with Crippen molar-refractivity contribution in [1.29, 1.82) is 0 Å². The Balaban J connectivity index is 2.14. The molecule has 1 nitrogen and oxygen atoms in total. The molecule has 1 atom stereocenters. The smallest absolute Gasteiger partial charge is 0.0450 e. The van der Waals surface area contributed by atoms with Crippen molar-refractivity contribution in [2.45, 2.75) is 25.1 Å². The zero-order valence-electron chi connectivity index (χ0n) is 10.2. The Kier molecular flexibility index (Phi) is 3.95. The normalized spacial score (nSPS) is 12.4. The minimum Gasteiger partial charge on any atom is -0.261 e. The largest absolute Gasteiger partial charge is 0.261 e. The summed E-state index contributed by atoms with van der Waals surface area (Å²) < 4.78 is 0. The summed E-state index contributed by atoms with van der Waals surface area (Å²) in [5.74, 6) is 0. The zero-order chi connectivity index (χ0) is 12.3. The van der Waals surface area contributed by atoms with Gasteiger partial charge in [0.05, 0.1) is 0 Å². The first-order chi connectivity index (χ1) is 8.16. The van der Waals surface area contributed by atoms with Crippen molar-refractivity contribution >= 4 is 15.9 Å². The van der Waals surface area contributed by atoms with Gasteiger partial charge in [-0.05, 0) is 42.7 Å². The monoisotopic (exact) mass is 289 g/mol. The number of aromatic nitrogens is 1. The second kappa shape index (κ2) is 5.46. The third-order valence-electron chi connectivity index (χ3n) is 3.01. The van der Waals surface area contributed by atoms with Crippen LogP contribution in [0, 0.1) is 13.8 Å². The van der Waals surface area contributed by atoms with Gasteiger partial charge in [0.15, 0.2) is 0 Å². The van der Waals surface area contributed by atoms with E-state index in [-0.39, 0.29) is 0 Å². The molecule has 2 aromatic rings. The van der Waals surface area contributed by atoms with E-state index < -0.39 is 0 Å². The Morgan fingerprint density at radius 2 is 1.94 bits per heavy atom. The number of nitrogens with zero attached hydrogens (tertiary/aromatic N) is 1. The quantitative estimate of drug-likeness (QED) is 0.765. The first kappa shape index (κ1) is 12.3. The van der Waals surface area contributed by atoms with E-state index in [9.17, 15) is 0 Å². The second-order valence-electron chi connectivity index (χ2n) is 4.34. The van der Waals surface area contributed by atoms with Gasteiger partial charge in [0.1, 0.15) is 0 Å². The summed E-state index contributed by atoms with van der Waals surface area (Å²) in [5, 5.41) is 0. The Hall–Kier alpha value is -1.15. The minimum atomic E-state index is 0.330. The molecule has 1 aromatic heterocycles. The van der Waals surface area contributed by atoms with Crippen LogP contribution in [-0.4, -0.2) is 4.98 Å². The van der Waals surface area contributed by atoms with E-state index in [0.29, 0.717) is 4.83 Å². The summed E-state index contributed by atoms with van der Waals surface area (Å²) in [6.45, 7) is 4.29. The molecule has 0 N–H and O–H groups in total. The molecule has 1 heterocycles. The first-order valence-corrected chi connectivity index (χ1v) is 6.69. The lowest BCUT2D eigenvalue weighted by Gasteiger charge is -2.11. The third-order valence-corrected chi connectivity index (χ3v) is 3.86. The van der Waals surface area contributed by atoms with Crippen LogP contribution in [-0.2, 0) is 6.42 Å². The van der Waals surface area contributed by atoms with Gasteiger partial charge in [-0.25, -0.2) is 0 Å². The molecule has 1 aromatic carbocycles. The van der Waals surface area contributed by atoms with Gasteiger partial charge in [-0.15, -0.1) is 0 Å². The molecule has 0 aliphatic rings. The van der Waals surface area contributed by atoms with E-state index in [1.807, 2.05) is 18.3 Å². The Morgan fingerprint density at radius 1 is 1.12 bits per heavy atom. The van der Waals surface area contributed by atoms with E-state index in [1.54, 1.807) is 0 Å². The van der Waals surface area contributed by atoms with Gasteiger partial charge in [-0.2, -0.15) is 0 Å². The standard InChI is InChI=1S/C15H16BrN/c1-11-6-7-13(9-12(11)2)15(16)10-14-5-3-4-8-17-14/h3-9,15H,10H2,1-2H3.